The topological polar surface area (TPSA) is 54.9 Å². The van der Waals surface area contributed by atoms with E-state index in [1.807, 2.05) is 0 Å². The Morgan fingerprint density at radius 2 is 2.13 bits per heavy atom. The summed E-state index contributed by atoms with van der Waals surface area (Å²) in [6.07, 6.45) is 3.34. The summed E-state index contributed by atoms with van der Waals surface area (Å²) in [5.74, 6) is 0.610. The van der Waals surface area contributed by atoms with Crippen LogP contribution in [-0.4, -0.2) is 9.55 Å². The van der Waals surface area contributed by atoms with E-state index < -0.39 is 11.2 Å². The molecule has 1 aromatic rings. The van der Waals surface area contributed by atoms with Crippen LogP contribution in [0.25, 0.3) is 0 Å². The van der Waals surface area contributed by atoms with Crippen molar-refractivity contribution < 1.29 is 0 Å². The third-order valence-electron chi connectivity index (χ3n) is 2.15. The normalized spacial score (nSPS) is 10.9. The summed E-state index contributed by atoms with van der Waals surface area (Å²) in [7, 11) is 0. The predicted octanol–water partition coefficient (Wildman–Crippen LogP) is 1.63. The van der Waals surface area contributed by atoms with Crippen molar-refractivity contribution in [2.75, 3.05) is 0 Å². The van der Waals surface area contributed by atoms with Crippen molar-refractivity contribution in [3.63, 3.8) is 0 Å². The molecule has 1 N–H and O–H groups in total. The van der Waals surface area contributed by atoms with E-state index in [2.05, 4.69) is 18.8 Å². The van der Waals surface area contributed by atoms with Crippen molar-refractivity contribution in [1.82, 2.24) is 9.55 Å². The molecule has 0 aromatic carbocycles. The second-order valence-corrected chi connectivity index (χ2v) is 4.37. The number of aromatic nitrogens is 2. The Morgan fingerprint density at radius 1 is 1.47 bits per heavy atom. The van der Waals surface area contributed by atoms with Crippen LogP contribution in [-0.2, 0) is 6.54 Å². The summed E-state index contributed by atoms with van der Waals surface area (Å²) < 4.78 is 1.44. The van der Waals surface area contributed by atoms with Crippen molar-refractivity contribution in [3.05, 3.63) is 32.1 Å². The minimum atomic E-state index is -0.526. The van der Waals surface area contributed by atoms with Crippen LogP contribution in [0.4, 0.5) is 0 Å². The van der Waals surface area contributed by atoms with Crippen LogP contribution in [0.5, 0.6) is 0 Å². The van der Waals surface area contributed by atoms with Gasteiger partial charge < -0.3 is 0 Å². The zero-order valence-corrected chi connectivity index (χ0v) is 9.67. The highest BCUT2D eigenvalue weighted by molar-refractivity contribution is 6.30. The van der Waals surface area contributed by atoms with Gasteiger partial charge in [0.2, 0.25) is 0 Å². The third kappa shape index (κ3) is 3.55. The van der Waals surface area contributed by atoms with Gasteiger partial charge >= 0.3 is 5.69 Å². The van der Waals surface area contributed by atoms with Gasteiger partial charge in [-0.05, 0) is 18.8 Å². The highest BCUT2D eigenvalue weighted by Crippen LogP contribution is 2.04. The first-order valence-electron chi connectivity index (χ1n) is 5.00. The molecule has 0 aliphatic rings. The van der Waals surface area contributed by atoms with Crippen LogP contribution in [0, 0.1) is 5.92 Å². The lowest BCUT2D eigenvalue weighted by molar-refractivity contribution is 0.501. The van der Waals surface area contributed by atoms with E-state index in [0.717, 1.165) is 12.8 Å². The molecule has 0 fully saturated rings. The molecule has 84 valence electrons. The zero-order valence-electron chi connectivity index (χ0n) is 8.92. The van der Waals surface area contributed by atoms with Gasteiger partial charge in [0.1, 0.15) is 5.02 Å². The van der Waals surface area contributed by atoms with Crippen LogP contribution in [0.2, 0.25) is 5.02 Å². The average Bonchev–Trinajstić information content (AvgIpc) is 2.13. The molecule has 0 bridgehead atoms. The number of rotatable bonds is 4. The lowest BCUT2D eigenvalue weighted by Crippen LogP contribution is -2.29. The molecule has 4 nitrogen and oxygen atoms in total. The average molecular weight is 231 g/mol. The van der Waals surface area contributed by atoms with Crippen LogP contribution < -0.4 is 11.2 Å². The number of nitrogens with one attached hydrogen (secondary N) is 1. The van der Waals surface area contributed by atoms with Crippen molar-refractivity contribution in [1.29, 1.82) is 0 Å². The highest BCUT2D eigenvalue weighted by Gasteiger charge is 2.02. The van der Waals surface area contributed by atoms with Crippen LogP contribution >= 0.6 is 11.6 Å². The molecule has 1 heterocycles. The van der Waals surface area contributed by atoms with E-state index in [-0.39, 0.29) is 5.02 Å². The van der Waals surface area contributed by atoms with Gasteiger partial charge in [-0.3, -0.25) is 14.3 Å². The summed E-state index contributed by atoms with van der Waals surface area (Å²) in [5.41, 5.74) is -0.921. The maximum absolute atomic E-state index is 11.3. The van der Waals surface area contributed by atoms with E-state index in [9.17, 15) is 9.59 Å². The Labute approximate surface area is 92.9 Å². The standard InChI is InChI=1S/C10H15ClN2O2/c1-7(2)4-3-5-13-6-8(11)9(14)12-10(13)15/h6-7H,3-5H2,1-2H3,(H,12,14,15). The molecule has 0 aliphatic heterocycles. The van der Waals surface area contributed by atoms with Gasteiger partial charge in [-0.15, -0.1) is 0 Å². The molecular formula is C10H15ClN2O2. The molecule has 5 heteroatoms. The summed E-state index contributed by atoms with van der Waals surface area (Å²) in [6, 6.07) is 0. The van der Waals surface area contributed by atoms with Crippen molar-refractivity contribution >= 4 is 11.6 Å². The van der Waals surface area contributed by atoms with Gasteiger partial charge in [0.25, 0.3) is 5.56 Å². The Balaban J connectivity index is 2.74. The second-order valence-electron chi connectivity index (χ2n) is 3.97. The summed E-state index contributed by atoms with van der Waals surface area (Å²) in [5, 5.41) is 0.0548. The van der Waals surface area contributed by atoms with Crippen molar-refractivity contribution in [3.8, 4) is 0 Å². The maximum atomic E-state index is 11.3. The summed E-state index contributed by atoms with van der Waals surface area (Å²) >= 11 is 5.62. The Hall–Kier alpha value is -1.03. The first-order valence-corrected chi connectivity index (χ1v) is 5.37. The van der Waals surface area contributed by atoms with Crippen LogP contribution in [0.1, 0.15) is 26.7 Å². The van der Waals surface area contributed by atoms with E-state index >= 15 is 0 Å². The van der Waals surface area contributed by atoms with Gasteiger partial charge in [0.15, 0.2) is 0 Å². The van der Waals surface area contributed by atoms with E-state index in [4.69, 9.17) is 11.6 Å². The third-order valence-corrected chi connectivity index (χ3v) is 2.42. The number of halogens is 1. The maximum Gasteiger partial charge on any atom is 0.328 e. The lowest BCUT2D eigenvalue weighted by atomic mass is 10.1. The van der Waals surface area contributed by atoms with E-state index in [0.29, 0.717) is 12.5 Å². The van der Waals surface area contributed by atoms with E-state index in [1.165, 1.54) is 10.8 Å². The Bertz CT molecular complexity index is 434. The van der Waals surface area contributed by atoms with E-state index in [1.54, 1.807) is 0 Å². The molecule has 1 rings (SSSR count). The summed E-state index contributed by atoms with van der Waals surface area (Å²) in [6.45, 7) is 4.85. The fraction of sp³-hybridized carbons (Fsp3) is 0.600. The zero-order chi connectivity index (χ0) is 11.4. The highest BCUT2D eigenvalue weighted by atomic mass is 35.5. The molecule has 0 saturated carbocycles. The quantitative estimate of drug-likeness (QED) is 0.855. The van der Waals surface area contributed by atoms with Gasteiger partial charge in [0.05, 0.1) is 0 Å². The number of nitrogens with zero attached hydrogens (tertiary/aromatic N) is 1. The monoisotopic (exact) mass is 230 g/mol. The molecule has 0 saturated heterocycles. The first kappa shape index (κ1) is 12.0. The first-order chi connectivity index (χ1) is 7.00. The fourth-order valence-electron chi connectivity index (χ4n) is 1.32. The number of H-pyrrole nitrogens is 1. The van der Waals surface area contributed by atoms with Crippen LogP contribution in [0.3, 0.4) is 0 Å². The SMILES string of the molecule is CC(C)CCCn1cc(Cl)c(=O)[nH]c1=O. The van der Waals surface area contributed by atoms with Crippen LogP contribution in [0.15, 0.2) is 15.8 Å². The van der Waals surface area contributed by atoms with Gasteiger partial charge in [-0.2, -0.15) is 0 Å². The van der Waals surface area contributed by atoms with Gasteiger partial charge in [-0.25, -0.2) is 4.79 Å². The van der Waals surface area contributed by atoms with Crippen molar-refractivity contribution in [2.45, 2.75) is 33.2 Å². The minimum Gasteiger partial charge on any atom is -0.299 e. The molecule has 0 spiro atoms. The van der Waals surface area contributed by atoms with Gasteiger partial charge in [-0.1, -0.05) is 25.4 Å². The number of aryl methyl sites for hydroxylation is 1. The molecule has 15 heavy (non-hydrogen) atoms. The smallest absolute Gasteiger partial charge is 0.299 e. The molecule has 0 aliphatic carbocycles. The lowest BCUT2D eigenvalue weighted by Gasteiger charge is -2.06. The number of hydrogen-bond acceptors (Lipinski definition) is 2. The van der Waals surface area contributed by atoms with Gasteiger partial charge in [0, 0.05) is 12.7 Å². The summed E-state index contributed by atoms with van der Waals surface area (Å²) in [4.78, 5) is 24.5. The second kappa shape index (κ2) is 5.16. The Morgan fingerprint density at radius 3 is 2.73 bits per heavy atom. The molecule has 0 amide bonds. The number of aromatic amines is 1. The van der Waals surface area contributed by atoms with Crippen molar-refractivity contribution in [2.24, 2.45) is 5.92 Å². The predicted molar refractivity (Wildman–Crippen MR) is 60.4 cm³/mol. The molecule has 0 atom stereocenters. The minimum absolute atomic E-state index is 0.0548. The number of hydrogen-bond donors (Lipinski definition) is 1. The molecule has 1 aromatic heterocycles. The fourth-order valence-corrected chi connectivity index (χ4v) is 1.48. The molecule has 0 radical (unpaired) electrons. The molecular weight excluding hydrogens is 216 g/mol. The largest absolute Gasteiger partial charge is 0.328 e. The molecule has 0 unspecified atom stereocenters. The Kier molecular flexibility index (Phi) is 4.15.